The SMILES string of the molecule is Cc1cc(CC(=O)CCc2ccc(-c3cc(NC(=O)c4ccc(OCCCN5CCCC5)cc4)n[nH]3)cc2)no1. The fraction of sp³-hybridized carbons (Fsp3) is 0.355. The molecule has 0 saturated carbocycles. The van der Waals surface area contributed by atoms with E-state index in [9.17, 15) is 9.59 Å². The summed E-state index contributed by atoms with van der Waals surface area (Å²) in [6, 6.07) is 18.7. The number of ether oxygens (including phenoxy) is 1. The highest BCUT2D eigenvalue weighted by Gasteiger charge is 2.12. The van der Waals surface area contributed by atoms with Crippen molar-refractivity contribution in [1.82, 2.24) is 20.3 Å². The molecule has 3 heterocycles. The number of aryl methyl sites for hydroxylation is 2. The van der Waals surface area contributed by atoms with Crippen LogP contribution in [0.4, 0.5) is 5.82 Å². The Morgan fingerprint density at radius 1 is 1.05 bits per heavy atom. The van der Waals surface area contributed by atoms with Crippen molar-refractivity contribution >= 4 is 17.5 Å². The zero-order valence-electron chi connectivity index (χ0n) is 22.8. The second-order valence-corrected chi connectivity index (χ2v) is 10.2. The maximum absolute atomic E-state index is 12.7. The van der Waals surface area contributed by atoms with Crippen molar-refractivity contribution in [3.8, 4) is 17.0 Å². The van der Waals surface area contributed by atoms with Crippen LogP contribution >= 0.6 is 0 Å². The van der Waals surface area contributed by atoms with Crippen LogP contribution in [0.15, 0.2) is 65.2 Å². The Morgan fingerprint density at radius 3 is 2.55 bits per heavy atom. The van der Waals surface area contributed by atoms with Crippen molar-refractivity contribution in [2.24, 2.45) is 0 Å². The Bertz CT molecular complexity index is 1400. The monoisotopic (exact) mass is 541 g/mol. The van der Waals surface area contributed by atoms with Crippen molar-refractivity contribution in [1.29, 1.82) is 0 Å². The molecule has 1 amide bonds. The number of nitrogens with zero attached hydrogens (tertiary/aromatic N) is 3. The van der Waals surface area contributed by atoms with Gasteiger partial charge in [-0.15, -0.1) is 0 Å². The van der Waals surface area contributed by atoms with Crippen LogP contribution in [0.3, 0.4) is 0 Å². The number of aromatic nitrogens is 3. The summed E-state index contributed by atoms with van der Waals surface area (Å²) in [5.74, 6) is 1.80. The highest BCUT2D eigenvalue weighted by Crippen LogP contribution is 2.22. The molecule has 0 radical (unpaired) electrons. The largest absolute Gasteiger partial charge is 0.494 e. The molecule has 9 nitrogen and oxygen atoms in total. The fourth-order valence-electron chi connectivity index (χ4n) is 4.84. The summed E-state index contributed by atoms with van der Waals surface area (Å²) in [5.41, 5.74) is 4.00. The van der Waals surface area contributed by atoms with Crippen LogP contribution in [-0.2, 0) is 17.6 Å². The average molecular weight is 542 g/mol. The lowest BCUT2D eigenvalue weighted by atomic mass is 10.0. The van der Waals surface area contributed by atoms with Gasteiger partial charge in [-0.2, -0.15) is 5.10 Å². The van der Waals surface area contributed by atoms with Gasteiger partial charge in [-0.3, -0.25) is 14.7 Å². The molecule has 1 saturated heterocycles. The summed E-state index contributed by atoms with van der Waals surface area (Å²) in [7, 11) is 0. The molecule has 1 fully saturated rings. The molecule has 0 atom stereocenters. The Labute approximate surface area is 233 Å². The number of aromatic amines is 1. The van der Waals surface area contributed by atoms with Gasteiger partial charge >= 0.3 is 0 Å². The molecule has 4 aromatic rings. The van der Waals surface area contributed by atoms with Gasteiger partial charge in [-0.25, -0.2) is 0 Å². The number of likely N-dealkylation sites (tertiary alicyclic amines) is 1. The van der Waals surface area contributed by atoms with Gasteiger partial charge in [-0.05, 0) is 81.1 Å². The molecule has 2 aromatic heterocycles. The lowest BCUT2D eigenvalue weighted by Crippen LogP contribution is -2.21. The number of nitrogens with one attached hydrogen (secondary N) is 2. The van der Waals surface area contributed by atoms with Crippen molar-refractivity contribution in [3.05, 3.63) is 83.2 Å². The van der Waals surface area contributed by atoms with E-state index in [1.54, 1.807) is 24.3 Å². The van der Waals surface area contributed by atoms with Crippen molar-refractivity contribution in [2.75, 3.05) is 31.6 Å². The third kappa shape index (κ3) is 7.66. The summed E-state index contributed by atoms with van der Waals surface area (Å²) in [4.78, 5) is 27.4. The first-order chi connectivity index (χ1) is 19.5. The standard InChI is InChI=1S/C31H35N5O4/c1-22-19-26(35-40-22)20-27(37)12-7-23-5-8-24(9-6-23)29-21-30(34-33-29)32-31(38)25-10-13-28(14-11-25)39-18-4-17-36-15-2-3-16-36/h5-6,8-11,13-14,19,21H,2-4,7,12,15-18,20H2,1H3,(H2,32,33,34,38). The predicted octanol–water partition coefficient (Wildman–Crippen LogP) is 5.23. The lowest BCUT2D eigenvalue weighted by Gasteiger charge is -2.14. The van der Waals surface area contributed by atoms with Gasteiger partial charge in [0.1, 0.15) is 17.3 Å². The van der Waals surface area contributed by atoms with Crippen LogP contribution in [0, 0.1) is 6.92 Å². The topological polar surface area (TPSA) is 113 Å². The zero-order valence-corrected chi connectivity index (χ0v) is 22.8. The number of carbonyl (C=O) groups is 2. The van der Waals surface area contributed by atoms with E-state index in [-0.39, 0.29) is 18.1 Å². The van der Waals surface area contributed by atoms with Crippen molar-refractivity contribution in [3.63, 3.8) is 0 Å². The Kier molecular flexibility index (Phi) is 9.03. The number of hydrogen-bond acceptors (Lipinski definition) is 7. The van der Waals surface area contributed by atoms with E-state index in [1.165, 1.54) is 25.9 Å². The van der Waals surface area contributed by atoms with Crippen LogP contribution < -0.4 is 10.1 Å². The molecule has 5 rings (SSSR count). The van der Waals surface area contributed by atoms with E-state index in [0.717, 1.165) is 35.5 Å². The molecule has 0 spiro atoms. The summed E-state index contributed by atoms with van der Waals surface area (Å²) in [5, 5.41) is 13.9. The summed E-state index contributed by atoms with van der Waals surface area (Å²) in [6.45, 7) is 5.95. The third-order valence-electron chi connectivity index (χ3n) is 7.03. The third-order valence-corrected chi connectivity index (χ3v) is 7.03. The van der Waals surface area contributed by atoms with Gasteiger partial charge in [0, 0.05) is 30.7 Å². The smallest absolute Gasteiger partial charge is 0.256 e. The van der Waals surface area contributed by atoms with Gasteiger partial charge in [0.15, 0.2) is 5.82 Å². The van der Waals surface area contributed by atoms with Crippen LogP contribution in [0.2, 0.25) is 0 Å². The number of anilines is 1. The predicted molar refractivity (Wildman–Crippen MR) is 152 cm³/mol. The summed E-state index contributed by atoms with van der Waals surface area (Å²) in [6.07, 6.45) is 4.98. The number of rotatable bonds is 13. The molecule has 9 heteroatoms. The van der Waals surface area contributed by atoms with E-state index >= 15 is 0 Å². The molecule has 0 bridgehead atoms. The lowest BCUT2D eigenvalue weighted by molar-refractivity contribution is -0.118. The van der Waals surface area contributed by atoms with E-state index in [1.807, 2.05) is 43.3 Å². The summed E-state index contributed by atoms with van der Waals surface area (Å²) < 4.78 is 10.9. The molecule has 1 aliphatic rings. The molecular formula is C31H35N5O4. The fourth-order valence-corrected chi connectivity index (χ4v) is 4.84. The first-order valence-electron chi connectivity index (χ1n) is 13.9. The van der Waals surface area contributed by atoms with Gasteiger partial charge in [0.2, 0.25) is 0 Å². The minimum atomic E-state index is -0.237. The molecule has 0 unspecified atom stereocenters. The second-order valence-electron chi connectivity index (χ2n) is 10.2. The molecule has 2 aromatic carbocycles. The van der Waals surface area contributed by atoms with E-state index in [4.69, 9.17) is 9.26 Å². The van der Waals surface area contributed by atoms with Crippen molar-refractivity contribution in [2.45, 2.75) is 45.4 Å². The van der Waals surface area contributed by atoms with Gasteiger partial charge in [-0.1, -0.05) is 29.4 Å². The first-order valence-corrected chi connectivity index (χ1v) is 13.9. The van der Waals surface area contributed by atoms with Gasteiger partial charge in [0.05, 0.1) is 24.4 Å². The molecule has 1 aliphatic heterocycles. The van der Waals surface area contributed by atoms with Crippen LogP contribution in [0.25, 0.3) is 11.3 Å². The molecule has 0 aliphatic carbocycles. The van der Waals surface area contributed by atoms with Crippen LogP contribution in [0.5, 0.6) is 5.75 Å². The Balaban J connectivity index is 1.06. The first kappa shape index (κ1) is 27.3. The molecular weight excluding hydrogens is 506 g/mol. The average Bonchev–Trinajstić information content (AvgIpc) is 3.74. The number of amides is 1. The van der Waals surface area contributed by atoms with E-state index < -0.39 is 0 Å². The van der Waals surface area contributed by atoms with E-state index in [0.29, 0.717) is 42.3 Å². The normalized spacial score (nSPS) is 13.4. The highest BCUT2D eigenvalue weighted by atomic mass is 16.5. The number of carbonyl (C=O) groups excluding carboxylic acids is 2. The zero-order chi connectivity index (χ0) is 27.7. The maximum atomic E-state index is 12.7. The second kappa shape index (κ2) is 13.2. The van der Waals surface area contributed by atoms with Gasteiger partial charge in [0.25, 0.3) is 5.91 Å². The number of benzene rings is 2. The summed E-state index contributed by atoms with van der Waals surface area (Å²) >= 11 is 0. The van der Waals surface area contributed by atoms with Crippen LogP contribution in [0.1, 0.15) is 53.1 Å². The molecule has 208 valence electrons. The Hall–Kier alpha value is -4.24. The van der Waals surface area contributed by atoms with Crippen molar-refractivity contribution < 1.29 is 18.8 Å². The number of Topliss-reactive ketones (excluding diaryl/α,β-unsaturated/α-hetero) is 1. The number of ketones is 1. The minimum Gasteiger partial charge on any atom is -0.494 e. The quantitative estimate of drug-likeness (QED) is 0.223. The number of H-pyrrole nitrogens is 1. The highest BCUT2D eigenvalue weighted by molar-refractivity contribution is 6.04. The minimum absolute atomic E-state index is 0.126. The maximum Gasteiger partial charge on any atom is 0.256 e. The Morgan fingerprint density at radius 2 is 1.82 bits per heavy atom. The molecule has 40 heavy (non-hydrogen) atoms. The van der Waals surface area contributed by atoms with Crippen LogP contribution in [-0.4, -0.2) is 58.2 Å². The van der Waals surface area contributed by atoms with E-state index in [2.05, 4.69) is 25.6 Å². The number of hydrogen-bond donors (Lipinski definition) is 2. The van der Waals surface area contributed by atoms with Gasteiger partial charge < -0.3 is 19.5 Å². The molecule has 2 N–H and O–H groups in total.